The van der Waals surface area contributed by atoms with Gasteiger partial charge in [0.05, 0.1) is 4.90 Å². The maximum Gasteiger partial charge on any atom is 0.186 e. The predicted molar refractivity (Wildman–Crippen MR) is 94.1 cm³/mol. The molecule has 0 saturated heterocycles. The largest absolute Gasteiger partial charge is 0.329 e. The Labute approximate surface area is 136 Å². The van der Waals surface area contributed by atoms with Gasteiger partial charge in [0.2, 0.25) is 0 Å². The SMILES string of the molecule is Cc1ccc(S(=O)(=O)[C@H](CN)c2cccc3ccccc23)cc1. The van der Waals surface area contributed by atoms with Crippen LogP contribution in [0.3, 0.4) is 0 Å². The Balaban J connectivity index is 2.17. The molecule has 4 heteroatoms. The predicted octanol–water partition coefficient (Wildman–Crippen LogP) is 3.62. The van der Waals surface area contributed by atoms with Crippen molar-refractivity contribution in [1.29, 1.82) is 0 Å². The molecule has 0 fully saturated rings. The zero-order chi connectivity index (χ0) is 16.4. The van der Waals surface area contributed by atoms with E-state index >= 15 is 0 Å². The molecule has 3 aromatic carbocycles. The lowest BCUT2D eigenvalue weighted by molar-refractivity contribution is 0.583. The molecule has 3 nitrogen and oxygen atoms in total. The fourth-order valence-corrected chi connectivity index (χ4v) is 4.48. The number of rotatable bonds is 4. The van der Waals surface area contributed by atoms with Crippen molar-refractivity contribution < 1.29 is 8.42 Å². The molecule has 0 saturated carbocycles. The maximum atomic E-state index is 13.0. The first-order chi connectivity index (χ1) is 11.0. The standard InChI is InChI=1S/C19H19NO2S/c1-14-9-11-16(12-10-14)23(21,22)19(13-20)18-8-4-6-15-5-2-3-7-17(15)18/h2-12,19H,13,20H2,1H3/t19-/m1/s1. The van der Waals surface area contributed by atoms with Crippen molar-refractivity contribution in [1.82, 2.24) is 0 Å². The van der Waals surface area contributed by atoms with Crippen molar-refractivity contribution in [3.63, 3.8) is 0 Å². The Morgan fingerprint density at radius 2 is 1.57 bits per heavy atom. The first-order valence-electron chi connectivity index (χ1n) is 7.52. The Morgan fingerprint density at radius 1 is 0.913 bits per heavy atom. The molecule has 0 spiro atoms. The van der Waals surface area contributed by atoms with Gasteiger partial charge in [0.15, 0.2) is 9.84 Å². The van der Waals surface area contributed by atoms with Crippen LogP contribution in [0.15, 0.2) is 71.6 Å². The van der Waals surface area contributed by atoms with Gasteiger partial charge >= 0.3 is 0 Å². The molecular formula is C19H19NO2S. The summed E-state index contributed by atoms with van der Waals surface area (Å²) in [4.78, 5) is 0.312. The molecule has 0 aliphatic rings. The number of hydrogen-bond donors (Lipinski definition) is 1. The summed E-state index contributed by atoms with van der Waals surface area (Å²) in [6.07, 6.45) is 0. The summed E-state index contributed by atoms with van der Waals surface area (Å²) in [7, 11) is -3.54. The smallest absolute Gasteiger partial charge is 0.186 e. The van der Waals surface area contributed by atoms with E-state index in [-0.39, 0.29) is 6.54 Å². The monoisotopic (exact) mass is 325 g/mol. The number of benzene rings is 3. The molecule has 118 valence electrons. The fourth-order valence-electron chi connectivity index (χ4n) is 2.84. The summed E-state index contributed by atoms with van der Waals surface area (Å²) in [6, 6.07) is 20.4. The molecule has 1 atom stereocenters. The third-order valence-corrected chi connectivity index (χ3v) is 6.23. The zero-order valence-electron chi connectivity index (χ0n) is 12.9. The highest BCUT2D eigenvalue weighted by atomic mass is 32.2. The van der Waals surface area contributed by atoms with Gasteiger partial charge in [-0.1, -0.05) is 60.2 Å². The van der Waals surface area contributed by atoms with E-state index < -0.39 is 15.1 Å². The molecule has 3 aromatic rings. The summed E-state index contributed by atoms with van der Waals surface area (Å²) in [5.74, 6) is 0. The number of hydrogen-bond acceptors (Lipinski definition) is 3. The molecule has 0 aliphatic heterocycles. The van der Waals surface area contributed by atoms with Crippen LogP contribution in [0, 0.1) is 6.92 Å². The van der Waals surface area contributed by atoms with Crippen molar-refractivity contribution in [2.75, 3.05) is 6.54 Å². The van der Waals surface area contributed by atoms with Gasteiger partial charge in [-0.15, -0.1) is 0 Å². The van der Waals surface area contributed by atoms with Gasteiger partial charge in [-0.2, -0.15) is 0 Å². The van der Waals surface area contributed by atoms with Crippen molar-refractivity contribution in [3.05, 3.63) is 77.9 Å². The van der Waals surface area contributed by atoms with E-state index in [1.807, 2.05) is 61.5 Å². The third kappa shape index (κ3) is 2.87. The van der Waals surface area contributed by atoms with Gasteiger partial charge in [0.1, 0.15) is 5.25 Å². The van der Waals surface area contributed by atoms with Gasteiger partial charge in [0, 0.05) is 6.54 Å². The summed E-state index contributed by atoms with van der Waals surface area (Å²) in [5.41, 5.74) is 7.65. The quantitative estimate of drug-likeness (QED) is 0.797. The van der Waals surface area contributed by atoms with Gasteiger partial charge in [-0.3, -0.25) is 0 Å². The topological polar surface area (TPSA) is 60.2 Å². The number of aryl methyl sites for hydroxylation is 1. The summed E-state index contributed by atoms with van der Waals surface area (Å²) in [5, 5.41) is 1.19. The number of nitrogens with two attached hydrogens (primary N) is 1. The van der Waals surface area contributed by atoms with E-state index in [0.29, 0.717) is 4.90 Å². The minimum absolute atomic E-state index is 0.0459. The Hall–Kier alpha value is -2.17. The highest BCUT2D eigenvalue weighted by Crippen LogP contribution is 2.32. The van der Waals surface area contributed by atoms with Crippen molar-refractivity contribution in [2.45, 2.75) is 17.1 Å². The second-order valence-electron chi connectivity index (χ2n) is 5.65. The van der Waals surface area contributed by atoms with Crippen LogP contribution >= 0.6 is 0 Å². The second-order valence-corrected chi connectivity index (χ2v) is 7.78. The summed E-state index contributed by atoms with van der Waals surface area (Å²) >= 11 is 0. The zero-order valence-corrected chi connectivity index (χ0v) is 13.8. The van der Waals surface area contributed by atoms with E-state index in [1.54, 1.807) is 12.1 Å². The normalized spacial score (nSPS) is 13.1. The van der Waals surface area contributed by atoms with Crippen molar-refractivity contribution in [3.8, 4) is 0 Å². The van der Waals surface area contributed by atoms with Crippen LogP contribution < -0.4 is 5.73 Å². The Morgan fingerprint density at radius 3 is 2.26 bits per heavy atom. The van der Waals surface area contributed by atoms with Gasteiger partial charge in [-0.25, -0.2) is 8.42 Å². The third-order valence-electron chi connectivity index (χ3n) is 4.11. The van der Waals surface area contributed by atoms with E-state index in [2.05, 4.69) is 0 Å². The van der Waals surface area contributed by atoms with Gasteiger partial charge in [-0.05, 0) is 35.4 Å². The second kappa shape index (κ2) is 6.14. The lowest BCUT2D eigenvalue weighted by Gasteiger charge is -2.18. The van der Waals surface area contributed by atoms with E-state index in [4.69, 9.17) is 5.73 Å². The molecule has 3 rings (SSSR count). The molecule has 0 heterocycles. The molecule has 2 N–H and O–H groups in total. The van der Waals surface area contributed by atoms with Crippen LogP contribution in [0.25, 0.3) is 10.8 Å². The molecule has 0 aromatic heterocycles. The molecule has 0 unspecified atom stereocenters. The minimum Gasteiger partial charge on any atom is -0.329 e. The highest BCUT2D eigenvalue weighted by Gasteiger charge is 2.29. The molecule has 0 radical (unpaired) electrons. The minimum atomic E-state index is -3.54. The Kier molecular flexibility index (Phi) is 4.20. The average molecular weight is 325 g/mol. The van der Waals surface area contributed by atoms with E-state index in [1.165, 1.54) is 0 Å². The highest BCUT2D eigenvalue weighted by molar-refractivity contribution is 7.91. The lowest BCUT2D eigenvalue weighted by atomic mass is 10.0. The van der Waals surface area contributed by atoms with Crippen LogP contribution in [-0.2, 0) is 9.84 Å². The molecule has 0 aliphatic carbocycles. The first-order valence-corrected chi connectivity index (χ1v) is 9.07. The van der Waals surface area contributed by atoms with Crippen LogP contribution in [0.1, 0.15) is 16.4 Å². The first kappa shape index (κ1) is 15.7. The Bertz CT molecular complexity index is 926. The van der Waals surface area contributed by atoms with Crippen LogP contribution in [0.4, 0.5) is 0 Å². The molecule has 0 bridgehead atoms. The number of fused-ring (bicyclic) bond motifs is 1. The van der Waals surface area contributed by atoms with Gasteiger partial charge < -0.3 is 5.73 Å². The van der Waals surface area contributed by atoms with E-state index in [9.17, 15) is 8.42 Å². The average Bonchev–Trinajstić information content (AvgIpc) is 2.56. The van der Waals surface area contributed by atoms with Crippen molar-refractivity contribution >= 4 is 20.6 Å². The van der Waals surface area contributed by atoms with Crippen LogP contribution in [0.5, 0.6) is 0 Å². The van der Waals surface area contributed by atoms with E-state index in [0.717, 1.165) is 21.9 Å². The summed E-state index contributed by atoms with van der Waals surface area (Å²) < 4.78 is 26.1. The van der Waals surface area contributed by atoms with Crippen LogP contribution in [0.2, 0.25) is 0 Å². The molecular weight excluding hydrogens is 306 g/mol. The fraction of sp³-hybridized carbons (Fsp3) is 0.158. The number of sulfone groups is 1. The maximum absolute atomic E-state index is 13.0. The van der Waals surface area contributed by atoms with Crippen molar-refractivity contribution in [2.24, 2.45) is 5.73 Å². The van der Waals surface area contributed by atoms with Crippen LogP contribution in [-0.4, -0.2) is 15.0 Å². The van der Waals surface area contributed by atoms with Gasteiger partial charge in [0.25, 0.3) is 0 Å². The lowest BCUT2D eigenvalue weighted by Crippen LogP contribution is -2.22. The summed E-state index contributed by atoms with van der Waals surface area (Å²) in [6.45, 7) is 1.98. The molecule has 0 amide bonds. The molecule has 23 heavy (non-hydrogen) atoms.